The Kier molecular flexibility index (Phi) is 10.4. The number of phenolic OH excluding ortho intramolecular Hbond substituents is 1. The lowest BCUT2D eigenvalue weighted by atomic mass is 9.84. The van der Waals surface area contributed by atoms with Gasteiger partial charge in [-0.05, 0) is 80.1 Å². The number of phenols is 1. The number of aliphatic hydroxyl groups is 1. The summed E-state index contributed by atoms with van der Waals surface area (Å²) in [6.07, 6.45) is 5.37. The molecule has 0 radical (unpaired) electrons. The molecule has 5 aromatic rings. The summed E-state index contributed by atoms with van der Waals surface area (Å²) >= 11 is 0. The lowest BCUT2D eigenvalue weighted by Crippen LogP contribution is -2.16. The fourth-order valence-corrected chi connectivity index (χ4v) is 5.62. The van der Waals surface area contributed by atoms with Crippen molar-refractivity contribution < 1.29 is 28.9 Å². The molecule has 1 saturated carbocycles. The standard InChI is InChI=1S/C23H26O3.C15H14O3/c1-16-20-14-19(25-15-17-8-4-2-5-9-17)12-13-21(20)26-23(16)22(24)18-10-6-3-7-11-18;1-11(16)14-9-13(7-8-15(14)17)18-10-12-5-3-2-4-6-12/h2,4-5,8-9,12-14,18,22,24H,3,6-7,10-11,15H2,1H3;2-9,17H,10H2,1H3. The maximum atomic E-state index is 11.3. The van der Waals surface area contributed by atoms with E-state index in [1.54, 1.807) is 12.1 Å². The average Bonchev–Trinajstić information content (AvgIpc) is 3.40. The molecule has 1 atom stereocenters. The summed E-state index contributed by atoms with van der Waals surface area (Å²) in [6, 6.07) is 30.5. The van der Waals surface area contributed by atoms with Crippen LogP contribution in [0.1, 0.15) is 77.9 Å². The quantitative estimate of drug-likeness (QED) is 0.166. The minimum Gasteiger partial charge on any atom is -0.507 e. The molecule has 1 aliphatic carbocycles. The Labute approximate surface area is 258 Å². The molecule has 0 amide bonds. The van der Waals surface area contributed by atoms with E-state index in [2.05, 4.69) is 12.1 Å². The number of aryl methyl sites for hydroxylation is 1. The third-order valence-corrected chi connectivity index (χ3v) is 8.15. The van der Waals surface area contributed by atoms with Crippen LogP contribution in [-0.2, 0) is 13.2 Å². The zero-order valence-corrected chi connectivity index (χ0v) is 25.4. The highest BCUT2D eigenvalue weighted by Gasteiger charge is 2.28. The number of carbonyl (C=O) groups excluding carboxylic acids is 1. The topological polar surface area (TPSA) is 89.1 Å². The number of aromatic hydroxyl groups is 1. The van der Waals surface area contributed by atoms with Crippen LogP contribution >= 0.6 is 0 Å². The molecule has 0 aliphatic heterocycles. The Balaban J connectivity index is 0.000000187. The van der Waals surface area contributed by atoms with Gasteiger partial charge in [0.25, 0.3) is 0 Å². The van der Waals surface area contributed by atoms with Crippen LogP contribution in [0, 0.1) is 12.8 Å². The first kappa shape index (κ1) is 30.9. The molecular weight excluding hydrogens is 552 g/mol. The Bertz CT molecular complexity index is 1650. The number of ether oxygens (including phenoxy) is 2. The molecule has 6 heteroatoms. The highest BCUT2D eigenvalue weighted by molar-refractivity contribution is 5.97. The number of carbonyl (C=O) groups is 1. The Morgan fingerprint density at radius 3 is 1.98 bits per heavy atom. The molecule has 4 aromatic carbocycles. The van der Waals surface area contributed by atoms with Gasteiger partial charge in [0, 0.05) is 10.9 Å². The number of hydrogen-bond acceptors (Lipinski definition) is 6. The SMILES string of the molecule is CC(=O)c1cc(OCc2ccccc2)ccc1O.Cc1c(C(O)C2CCCCC2)oc2ccc(OCc3ccccc3)cc12. The van der Waals surface area contributed by atoms with E-state index >= 15 is 0 Å². The molecular formula is C38H40O6. The maximum absolute atomic E-state index is 11.3. The van der Waals surface area contributed by atoms with E-state index in [9.17, 15) is 15.0 Å². The number of fused-ring (bicyclic) bond motifs is 1. The number of furan rings is 1. The van der Waals surface area contributed by atoms with Crippen LogP contribution in [0.5, 0.6) is 17.2 Å². The Morgan fingerprint density at radius 2 is 1.39 bits per heavy atom. The number of benzene rings is 4. The molecule has 1 unspecified atom stereocenters. The van der Waals surface area contributed by atoms with Crippen molar-refractivity contribution in [1.82, 2.24) is 0 Å². The molecule has 6 nitrogen and oxygen atoms in total. The van der Waals surface area contributed by atoms with Gasteiger partial charge in [-0.15, -0.1) is 0 Å². The first-order chi connectivity index (χ1) is 21.4. The largest absolute Gasteiger partial charge is 0.507 e. The summed E-state index contributed by atoms with van der Waals surface area (Å²) in [5, 5.41) is 21.4. The first-order valence-corrected chi connectivity index (χ1v) is 15.3. The van der Waals surface area contributed by atoms with Crippen LogP contribution in [0.25, 0.3) is 11.0 Å². The van der Waals surface area contributed by atoms with Crippen LogP contribution in [0.15, 0.2) is 101 Å². The predicted octanol–water partition coefficient (Wildman–Crippen LogP) is 9.11. The van der Waals surface area contributed by atoms with Gasteiger partial charge in [-0.25, -0.2) is 0 Å². The fraction of sp³-hybridized carbons (Fsp3) is 0.289. The Hall–Kier alpha value is -4.55. The number of rotatable bonds is 9. The number of hydrogen-bond donors (Lipinski definition) is 2. The third-order valence-electron chi connectivity index (χ3n) is 8.15. The minimum atomic E-state index is -0.503. The van der Waals surface area contributed by atoms with Gasteiger partial charge >= 0.3 is 0 Å². The minimum absolute atomic E-state index is 0.0189. The van der Waals surface area contributed by atoms with Gasteiger partial charge in [0.15, 0.2) is 5.78 Å². The maximum Gasteiger partial charge on any atom is 0.163 e. The van der Waals surface area contributed by atoms with E-state index in [4.69, 9.17) is 13.9 Å². The third kappa shape index (κ3) is 7.88. The summed E-state index contributed by atoms with van der Waals surface area (Å²) < 4.78 is 17.5. The number of aliphatic hydroxyl groups excluding tert-OH is 1. The average molecular weight is 593 g/mol. The first-order valence-electron chi connectivity index (χ1n) is 15.3. The normalized spacial score (nSPS) is 14.0. The fourth-order valence-electron chi connectivity index (χ4n) is 5.62. The molecule has 44 heavy (non-hydrogen) atoms. The summed E-state index contributed by atoms with van der Waals surface area (Å²) in [7, 11) is 0. The lowest BCUT2D eigenvalue weighted by molar-refractivity contribution is 0.0661. The second-order valence-corrected chi connectivity index (χ2v) is 11.4. The second kappa shape index (κ2) is 14.8. The van der Waals surface area contributed by atoms with Gasteiger partial charge in [-0.3, -0.25) is 4.79 Å². The van der Waals surface area contributed by atoms with Crippen molar-refractivity contribution in [3.8, 4) is 17.2 Å². The molecule has 6 rings (SSSR count). The van der Waals surface area contributed by atoms with Crippen LogP contribution < -0.4 is 9.47 Å². The van der Waals surface area contributed by atoms with E-state index in [0.29, 0.717) is 24.9 Å². The molecule has 1 fully saturated rings. The molecule has 1 aliphatic rings. The summed E-state index contributed by atoms with van der Waals surface area (Å²) in [5.41, 5.74) is 4.32. The van der Waals surface area contributed by atoms with Crippen LogP contribution in [0.3, 0.4) is 0 Å². The van der Waals surface area contributed by atoms with Crippen molar-refractivity contribution in [2.45, 2.75) is 65.3 Å². The molecule has 2 N–H and O–H groups in total. The molecule has 0 bridgehead atoms. The van der Waals surface area contributed by atoms with Gasteiger partial charge < -0.3 is 24.1 Å². The van der Waals surface area contributed by atoms with Crippen molar-refractivity contribution in [2.24, 2.45) is 5.92 Å². The van der Waals surface area contributed by atoms with Crippen LogP contribution in [0.2, 0.25) is 0 Å². The molecule has 1 heterocycles. The van der Waals surface area contributed by atoms with E-state index in [0.717, 1.165) is 52.0 Å². The zero-order valence-electron chi connectivity index (χ0n) is 25.4. The monoisotopic (exact) mass is 592 g/mol. The second-order valence-electron chi connectivity index (χ2n) is 11.4. The van der Waals surface area contributed by atoms with E-state index in [-0.39, 0.29) is 17.1 Å². The van der Waals surface area contributed by atoms with Crippen molar-refractivity contribution in [3.63, 3.8) is 0 Å². The summed E-state index contributed by atoms with van der Waals surface area (Å²) in [4.78, 5) is 11.3. The highest BCUT2D eigenvalue weighted by Crippen LogP contribution is 2.39. The van der Waals surface area contributed by atoms with Gasteiger partial charge in [0.1, 0.15) is 47.9 Å². The van der Waals surface area contributed by atoms with Crippen LogP contribution in [0.4, 0.5) is 0 Å². The summed E-state index contributed by atoms with van der Waals surface area (Å²) in [6.45, 7) is 4.42. The van der Waals surface area contributed by atoms with E-state index in [1.807, 2.05) is 73.7 Å². The van der Waals surface area contributed by atoms with Gasteiger partial charge in [-0.2, -0.15) is 0 Å². The van der Waals surface area contributed by atoms with E-state index in [1.165, 1.54) is 32.3 Å². The number of ketones is 1. The molecule has 228 valence electrons. The summed E-state index contributed by atoms with van der Waals surface area (Å²) in [5.74, 6) is 2.24. The van der Waals surface area contributed by atoms with Crippen LogP contribution in [-0.4, -0.2) is 16.0 Å². The van der Waals surface area contributed by atoms with Gasteiger partial charge in [0.2, 0.25) is 0 Å². The van der Waals surface area contributed by atoms with E-state index < -0.39 is 6.10 Å². The molecule has 0 spiro atoms. The van der Waals surface area contributed by atoms with Gasteiger partial charge in [-0.1, -0.05) is 79.9 Å². The highest BCUT2D eigenvalue weighted by atomic mass is 16.5. The van der Waals surface area contributed by atoms with Crippen molar-refractivity contribution in [3.05, 3.63) is 125 Å². The number of Topliss-reactive ketones (excluding diaryl/α,β-unsaturated/α-hetero) is 1. The molecule has 0 saturated heterocycles. The molecule has 1 aromatic heterocycles. The van der Waals surface area contributed by atoms with Gasteiger partial charge in [0.05, 0.1) is 5.56 Å². The lowest BCUT2D eigenvalue weighted by Gasteiger charge is -2.25. The predicted molar refractivity (Wildman–Crippen MR) is 172 cm³/mol. The van der Waals surface area contributed by atoms with Crippen molar-refractivity contribution in [1.29, 1.82) is 0 Å². The van der Waals surface area contributed by atoms with Crippen molar-refractivity contribution in [2.75, 3.05) is 0 Å². The van der Waals surface area contributed by atoms with Crippen molar-refractivity contribution >= 4 is 16.8 Å². The zero-order chi connectivity index (χ0) is 30.9. The Morgan fingerprint density at radius 1 is 0.818 bits per heavy atom. The smallest absolute Gasteiger partial charge is 0.163 e.